The average molecular weight is 381 g/mol. The number of amides is 1. The molecule has 1 aromatic carbocycles. The monoisotopic (exact) mass is 380 g/mol. The van der Waals surface area contributed by atoms with Crippen molar-refractivity contribution in [2.75, 3.05) is 45.7 Å². The Balaban J connectivity index is 1.89. The van der Waals surface area contributed by atoms with Gasteiger partial charge in [-0.15, -0.1) is 11.8 Å². The molecule has 0 aliphatic heterocycles. The lowest BCUT2D eigenvalue weighted by molar-refractivity contribution is -0.127. The van der Waals surface area contributed by atoms with E-state index in [0.717, 1.165) is 24.8 Å². The van der Waals surface area contributed by atoms with Gasteiger partial charge in [0.15, 0.2) is 5.96 Å². The lowest BCUT2D eigenvalue weighted by atomic mass is 10.4. The first kappa shape index (κ1) is 20.0. The third-order valence-electron chi connectivity index (χ3n) is 3.93. The molecule has 1 aliphatic rings. The Morgan fingerprint density at radius 3 is 2.56 bits per heavy atom. The predicted octanol–water partition coefficient (Wildman–Crippen LogP) is 2.30. The van der Waals surface area contributed by atoms with Crippen LogP contribution in [0.4, 0.5) is 0 Å². The van der Waals surface area contributed by atoms with Gasteiger partial charge >= 0.3 is 0 Å². The molecular weight excluding hydrogens is 352 g/mol. The van der Waals surface area contributed by atoms with Crippen LogP contribution in [0.25, 0.3) is 0 Å². The maximum Gasteiger partial charge on any atom is 0.243 e. The number of likely N-dealkylation sites (N-methyl/N-ethyl adjacent to an activating group) is 1. The van der Waals surface area contributed by atoms with Crippen molar-refractivity contribution in [3.8, 4) is 0 Å². The second-order valence-electron chi connectivity index (χ2n) is 6.32. The Kier molecular flexibility index (Phi) is 7.96. The highest BCUT2D eigenvalue weighted by atomic mass is 32.2. The molecule has 0 heterocycles. The normalized spacial score (nSPS) is 15.6. The molecule has 25 heavy (non-hydrogen) atoms. The number of rotatable bonds is 9. The topological polar surface area (TPSA) is 56.7 Å². The lowest BCUT2D eigenvalue weighted by Crippen LogP contribution is -2.42. The molecule has 1 fully saturated rings. The number of guanidine groups is 1. The van der Waals surface area contributed by atoms with Crippen LogP contribution in [0.2, 0.25) is 0 Å². The van der Waals surface area contributed by atoms with Crippen molar-refractivity contribution in [3.05, 3.63) is 30.3 Å². The summed E-state index contributed by atoms with van der Waals surface area (Å²) in [6.45, 7) is 1.86. The summed E-state index contributed by atoms with van der Waals surface area (Å²) < 4.78 is 0.245. The zero-order valence-corrected chi connectivity index (χ0v) is 16.9. The molecule has 1 aromatic rings. The SMILES string of the molecule is CSCCNC(=NCC(=O)N(C)C)NCC1(Sc2ccccc2)CC1. The fourth-order valence-corrected chi connectivity index (χ4v) is 3.72. The molecule has 5 nitrogen and oxygen atoms in total. The van der Waals surface area contributed by atoms with Crippen LogP contribution in [-0.2, 0) is 4.79 Å². The molecule has 1 amide bonds. The number of hydrogen-bond donors (Lipinski definition) is 2. The van der Waals surface area contributed by atoms with Gasteiger partial charge in [-0.2, -0.15) is 11.8 Å². The lowest BCUT2D eigenvalue weighted by Gasteiger charge is -2.19. The maximum atomic E-state index is 11.8. The molecule has 0 bridgehead atoms. The molecule has 7 heteroatoms. The number of aliphatic imine (C=N–C) groups is 1. The van der Waals surface area contributed by atoms with Crippen LogP contribution in [0.1, 0.15) is 12.8 Å². The first-order valence-corrected chi connectivity index (χ1v) is 10.7. The zero-order chi connectivity index (χ0) is 18.1. The number of carbonyl (C=O) groups excluding carboxylic acids is 1. The summed E-state index contributed by atoms with van der Waals surface area (Å²) in [5.74, 6) is 1.74. The molecule has 0 unspecified atom stereocenters. The van der Waals surface area contributed by atoms with Gasteiger partial charge in [0.25, 0.3) is 0 Å². The highest BCUT2D eigenvalue weighted by molar-refractivity contribution is 8.01. The van der Waals surface area contributed by atoms with Gasteiger partial charge in [0, 0.05) is 42.6 Å². The van der Waals surface area contributed by atoms with Gasteiger partial charge in [-0.25, -0.2) is 4.99 Å². The van der Waals surface area contributed by atoms with Gasteiger partial charge in [-0.3, -0.25) is 4.79 Å². The van der Waals surface area contributed by atoms with E-state index >= 15 is 0 Å². The van der Waals surface area contributed by atoms with Gasteiger partial charge in [0.1, 0.15) is 6.54 Å². The van der Waals surface area contributed by atoms with Crippen molar-refractivity contribution in [1.29, 1.82) is 0 Å². The molecule has 0 spiro atoms. The molecule has 1 aliphatic carbocycles. The molecule has 0 saturated heterocycles. The minimum Gasteiger partial charge on any atom is -0.356 e. The summed E-state index contributed by atoms with van der Waals surface area (Å²) in [5, 5.41) is 6.75. The quantitative estimate of drug-likeness (QED) is 0.391. The van der Waals surface area contributed by atoms with Crippen LogP contribution in [0, 0.1) is 0 Å². The third-order valence-corrected chi connectivity index (χ3v) is 6.04. The summed E-state index contributed by atoms with van der Waals surface area (Å²) in [6, 6.07) is 10.5. The second-order valence-corrected chi connectivity index (χ2v) is 8.85. The van der Waals surface area contributed by atoms with Crippen molar-refractivity contribution in [1.82, 2.24) is 15.5 Å². The first-order chi connectivity index (χ1) is 12.0. The van der Waals surface area contributed by atoms with E-state index in [0.29, 0.717) is 0 Å². The molecular formula is C18H28N4OS2. The Morgan fingerprint density at radius 1 is 1.24 bits per heavy atom. The summed E-state index contributed by atoms with van der Waals surface area (Å²) in [7, 11) is 3.50. The first-order valence-electron chi connectivity index (χ1n) is 8.50. The average Bonchev–Trinajstić information content (AvgIpc) is 3.37. The van der Waals surface area contributed by atoms with E-state index in [1.807, 2.05) is 17.8 Å². The molecule has 0 radical (unpaired) electrons. The minimum atomic E-state index is 0.00534. The van der Waals surface area contributed by atoms with E-state index in [2.05, 4.69) is 46.1 Å². The predicted molar refractivity (Wildman–Crippen MR) is 110 cm³/mol. The van der Waals surface area contributed by atoms with E-state index in [-0.39, 0.29) is 17.2 Å². The van der Waals surface area contributed by atoms with E-state index in [9.17, 15) is 4.79 Å². The van der Waals surface area contributed by atoms with Crippen LogP contribution in [0.5, 0.6) is 0 Å². The number of nitrogens with zero attached hydrogens (tertiary/aromatic N) is 2. The van der Waals surface area contributed by atoms with Crippen molar-refractivity contribution >= 4 is 35.4 Å². The molecule has 0 atom stereocenters. The number of nitrogens with one attached hydrogen (secondary N) is 2. The fourth-order valence-electron chi connectivity index (χ4n) is 2.17. The highest BCUT2D eigenvalue weighted by Gasteiger charge is 2.43. The molecule has 2 rings (SSSR count). The Hall–Kier alpha value is -1.34. The number of carbonyl (C=O) groups is 1. The Labute approximate surface area is 159 Å². The smallest absolute Gasteiger partial charge is 0.243 e. The third kappa shape index (κ3) is 7.20. The minimum absolute atomic E-state index is 0.00534. The van der Waals surface area contributed by atoms with Gasteiger partial charge in [0.2, 0.25) is 5.91 Å². The largest absolute Gasteiger partial charge is 0.356 e. The summed E-state index contributed by atoms with van der Waals surface area (Å²) in [6.07, 6.45) is 4.49. The van der Waals surface area contributed by atoms with Crippen LogP contribution >= 0.6 is 23.5 Å². The van der Waals surface area contributed by atoms with Gasteiger partial charge in [-0.1, -0.05) is 18.2 Å². The van der Waals surface area contributed by atoms with Crippen molar-refractivity contribution in [3.63, 3.8) is 0 Å². The summed E-state index contributed by atoms with van der Waals surface area (Å²) >= 11 is 3.72. The molecule has 0 aromatic heterocycles. The molecule has 2 N–H and O–H groups in total. The van der Waals surface area contributed by atoms with E-state index in [1.54, 1.807) is 30.8 Å². The Morgan fingerprint density at radius 2 is 1.96 bits per heavy atom. The van der Waals surface area contributed by atoms with Gasteiger partial charge < -0.3 is 15.5 Å². The highest BCUT2D eigenvalue weighted by Crippen LogP contribution is 2.51. The number of benzene rings is 1. The van der Waals surface area contributed by atoms with E-state index < -0.39 is 0 Å². The van der Waals surface area contributed by atoms with Crippen molar-refractivity contribution in [2.45, 2.75) is 22.5 Å². The van der Waals surface area contributed by atoms with Crippen molar-refractivity contribution < 1.29 is 4.79 Å². The zero-order valence-electron chi connectivity index (χ0n) is 15.2. The Bertz CT molecular complexity index is 574. The van der Waals surface area contributed by atoms with Crippen LogP contribution in [0.15, 0.2) is 40.2 Å². The number of thioether (sulfide) groups is 2. The number of hydrogen-bond acceptors (Lipinski definition) is 4. The standard InChI is InChI=1S/C18H28N4OS2/c1-22(2)16(23)13-20-17(19-11-12-24-3)21-14-18(9-10-18)25-15-7-5-4-6-8-15/h4-8H,9-14H2,1-3H3,(H2,19,20,21). The fraction of sp³-hybridized carbons (Fsp3) is 0.556. The molecule has 1 saturated carbocycles. The summed E-state index contributed by atoms with van der Waals surface area (Å²) in [5.41, 5.74) is 0. The molecule has 138 valence electrons. The maximum absolute atomic E-state index is 11.8. The van der Waals surface area contributed by atoms with Crippen LogP contribution in [-0.4, -0.2) is 67.3 Å². The second kappa shape index (κ2) is 9.97. The summed E-state index contributed by atoms with van der Waals surface area (Å²) in [4.78, 5) is 19.1. The van der Waals surface area contributed by atoms with E-state index in [4.69, 9.17) is 0 Å². The van der Waals surface area contributed by atoms with Gasteiger partial charge in [-0.05, 0) is 31.2 Å². The van der Waals surface area contributed by atoms with Crippen LogP contribution < -0.4 is 10.6 Å². The van der Waals surface area contributed by atoms with Crippen LogP contribution in [0.3, 0.4) is 0 Å². The van der Waals surface area contributed by atoms with Crippen molar-refractivity contribution in [2.24, 2.45) is 4.99 Å². The van der Waals surface area contributed by atoms with Gasteiger partial charge in [0.05, 0.1) is 0 Å². The van der Waals surface area contributed by atoms with E-state index in [1.165, 1.54) is 17.7 Å².